The molecule has 0 unspecified atom stereocenters. The highest BCUT2D eigenvalue weighted by Crippen LogP contribution is 2.46. The molecule has 0 amide bonds. The molecule has 1 fully saturated rings. The van der Waals surface area contributed by atoms with Crippen molar-refractivity contribution in [2.45, 2.75) is 44.8 Å². The lowest BCUT2D eigenvalue weighted by molar-refractivity contribution is 0.341. The fourth-order valence-electron chi connectivity index (χ4n) is 4.15. The average Bonchev–Trinajstić information content (AvgIpc) is 3.51. The van der Waals surface area contributed by atoms with Gasteiger partial charge in [-0.2, -0.15) is 5.10 Å². The quantitative estimate of drug-likeness (QED) is 0.611. The molecule has 0 spiro atoms. The van der Waals surface area contributed by atoms with Crippen molar-refractivity contribution >= 4 is 11.7 Å². The number of aliphatic imine (C=N–C) groups is 1. The minimum absolute atomic E-state index is 0.101. The van der Waals surface area contributed by atoms with Gasteiger partial charge < -0.3 is 9.64 Å². The Morgan fingerprint density at radius 1 is 1.00 bits per heavy atom. The van der Waals surface area contributed by atoms with Crippen LogP contribution < -0.4 is 4.74 Å². The molecule has 5 rings (SSSR count). The normalized spacial score (nSPS) is 18.6. The number of nitrogens with zero attached hydrogens (tertiary/aromatic N) is 4. The second kappa shape index (κ2) is 7.07. The molecular weight excluding hydrogens is 360 g/mol. The predicted octanol–water partition coefficient (Wildman–Crippen LogP) is 5.12. The zero-order chi connectivity index (χ0) is 20.0. The Morgan fingerprint density at radius 3 is 2.34 bits per heavy atom. The molecule has 29 heavy (non-hydrogen) atoms. The molecule has 2 aliphatic rings. The monoisotopic (exact) mass is 386 g/mol. The summed E-state index contributed by atoms with van der Waals surface area (Å²) in [5.74, 6) is 2.89. The zero-order valence-corrected chi connectivity index (χ0v) is 17.1. The maximum atomic E-state index is 5.38. The molecular formula is C24H26N4O. The number of aromatic nitrogens is 2. The Morgan fingerprint density at radius 2 is 1.72 bits per heavy atom. The summed E-state index contributed by atoms with van der Waals surface area (Å²) >= 11 is 0. The van der Waals surface area contributed by atoms with Crippen molar-refractivity contribution in [2.75, 3.05) is 7.11 Å². The van der Waals surface area contributed by atoms with Crippen molar-refractivity contribution in [3.8, 4) is 5.75 Å². The van der Waals surface area contributed by atoms with Crippen LogP contribution in [0.3, 0.4) is 0 Å². The molecule has 1 aliphatic carbocycles. The molecule has 0 bridgehead atoms. The number of ether oxygens (including phenoxy) is 1. The third-order valence-corrected chi connectivity index (χ3v) is 5.72. The maximum Gasteiger partial charge on any atom is 0.158 e. The van der Waals surface area contributed by atoms with E-state index >= 15 is 0 Å². The van der Waals surface area contributed by atoms with Crippen LogP contribution in [0.1, 0.15) is 55.5 Å². The Labute approximate surface area is 171 Å². The molecule has 1 aliphatic heterocycles. The first-order chi connectivity index (χ1) is 14.2. The molecule has 0 saturated heterocycles. The SMILES string of the molecule is COc1ccc([C@H]2c3cnn(C(C)C)c3N=C(c3ccccc3)N2C2CC2)cc1. The number of hydrogen-bond acceptors (Lipinski definition) is 4. The topological polar surface area (TPSA) is 42.6 Å². The number of methoxy groups -OCH3 is 1. The van der Waals surface area contributed by atoms with E-state index in [0.29, 0.717) is 6.04 Å². The van der Waals surface area contributed by atoms with Crippen molar-refractivity contribution < 1.29 is 4.74 Å². The second-order valence-electron chi connectivity index (χ2n) is 8.08. The van der Waals surface area contributed by atoms with Gasteiger partial charge in [-0.15, -0.1) is 0 Å². The summed E-state index contributed by atoms with van der Waals surface area (Å²) in [7, 11) is 1.71. The molecule has 2 aromatic carbocycles. The van der Waals surface area contributed by atoms with E-state index in [9.17, 15) is 0 Å². The van der Waals surface area contributed by atoms with Crippen LogP contribution in [-0.4, -0.2) is 33.7 Å². The van der Waals surface area contributed by atoms with Gasteiger partial charge in [0.25, 0.3) is 0 Å². The van der Waals surface area contributed by atoms with E-state index in [1.165, 1.54) is 24.0 Å². The number of fused-ring (bicyclic) bond motifs is 1. The van der Waals surface area contributed by atoms with Gasteiger partial charge in [0.15, 0.2) is 5.82 Å². The fraction of sp³-hybridized carbons (Fsp3) is 0.333. The Balaban J connectivity index is 1.71. The molecule has 1 saturated carbocycles. The summed E-state index contributed by atoms with van der Waals surface area (Å²) in [4.78, 5) is 7.67. The van der Waals surface area contributed by atoms with Crippen molar-refractivity contribution in [2.24, 2.45) is 4.99 Å². The van der Waals surface area contributed by atoms with Gasteiger partial charge in [0.1, 0.15) is 11.6 Å². The number of amidine groups is 1. The number of rotatable bonds is 5. The van der Waals surface area contributed by atoms with E-state index in [2.05, 4.69) is 61.2 Å². The van der Waals surface area contributed by atoms with Crippen LogP contribution in [0, 0.1) is 0 Å². The van der Waals surface area contributed by atoms with E-state index in [-0.39, 0.29) is 12.1 Å². The van der Waals surface area contributed by atoms with Crippen molar-refractivity contribution in [3.63, 3.8) is 0 Å². The van der Waals surface area contributed by atoms with Crippen LogP contribution in [0.5, 0.6) is 5.75 Å². The van der Waals surface area contributed by atoms with Gasteiger partial charge in [0, 0.05) is 23.2 Å². The Hall–Kier alpha value is -3.08. The molecule has 148 valence electrons. The first kappa shape index (κ1) is 18.0. The molecule has 2 heterocycles. The summed E-state index contributed by atoms with van der Waals surface area (Å²) in [5.41, 5.74) is 3.57. The second-order valence-corrected chi connectivity index (χ2v) is 8.08. The number of benzene rings is 2. The van der Waals surface area contributed by atoms with Crippen LogP contribution in [0.2, 0.25) is 0 Å². The van der Waals surface area contributed by atoms with Gasteiger partial charge in [-0.05, 0) is 44.4 Å². The largest absolute Gasteiger partial charge is 0.497 e. The minimum atomic E-state index is 0.101. The summed E-state index contributed by atoms with van der Waals surface area (Å²) in [5, 5.41) is 4.71. The lowest BCUT2D eigenvalue weighted by Crippen LogP contribution is -2.40. The molecule has 3 aromatic rings. The summed E-state index contributed by atoms with van der Waals surface area (Å²) < 4.78 is 7.43. The maximum absolute atomic E-state index is 5.38. The first-order valence-electron chi connectivity index (χ1n) is 10.3. The lowest BCUT2D eigenvalue weighted by atomic mass is 9.95. The molecule has 5 nitrogen and oxygen atoms in total. The highest BCUT2D eigenvalue weighted by molar-refractivity contribution is 6.02. The summed E-state index contributed by atoms with van der Waals surface area (Å²) in [6, 6.07) is 19.8. The molecule has 0 radical (unpaired) electrons. The van der Waals surface area contributed by atoms with Crippen LogP contribution in [0.4, 0.5) is 5.82 Å². The summed E-state index contributed by atoms with van der Waals surface area (Å²) in [6.07, 6.45) is 4.41. The predicted molar refractivity (Wildman–Crippen MR) is 115 cm³/mol. The number of hydrogen-bond donors (Lipinski definition) is 0. The van der Waals surface area contributed by atoms with Crippen LogP contribution in [-0.2, 0) is 0 Å². The van der Waals surface area contributed by atoms with Crippen molar-refractivity contribution in [1.29, 1.82) is 0 Å². The van der Waals surface area contributed by atoms with Crippen LogP contribution in [0.15, 0.2) is 65.8 Å². The van der Waals surface area contributed by atoms with Gasteiger partial charge in [0.2, 0.25) is 0 Å². The smallest absolute Gasteiger partial charge is 0.158 e. The van der Waals surface area contributed by atoms with Crippen LogP contribution >= 0.6 is 0 Å². The highest BCUT2D eigenvalue weighted by atomic mass is 16.5. The Kier molecular flexibility index (Phi) is 4.38. The van der Waals surface area contributed by atoms with E-state index in [1.54, 1.807) is 7.11 Å². The van der Waals surface area contributed by atoms with Crippen molar-refractivity contribution in [1.82, 2.24) is 14.7 Å². The zero-order valence-electron chi connectivity index (χ0n) is 17.1. The van der Waals surface area contributed by atoms with E-state index in [1.807, 2.05) is 23.0 Å². The first-order valence-corrected chi connectivity index (χ1v) is 10.3. The standard InChI is InChI=1S/C24H26N4O/c1-16(2)28-24-21(15-25-28)22(17-9-13-20(29-3)14-10-17)27(19-11-12-19)23(26-24)18-7-5-4-6-8-18/h4-10,13-16,19,22H,11-12H2,1-3H3/t22-/m0/s1. The third-order valence-electron chi connectivity index (χ3n) is 5.72. The fourth-order valence-corrected chi connectivity index (χ4v) is 4.15. The highest BCUT2D eigenvalue weighted by Gasteiger charge is 2.42. The lowest BCUT2D eigenvalue weighted by Gasteiger charge is -2.38. The van der Waals surface area contributed by atoms with Gasteiger partial charge in [-0.1, -0.05) is 42.5 Å². The average molecular weight is 386 g/mol. The molecule has 0 N–H and O–H groups in total. The third kappa shape index (κ3) is 3.11. The minimum Gasteiger partial charge on any atom is -0.497 e. The van der Waals surface area contributed by atoms with E-state index < -0.39 is 0 Å². The van der Waals surface area contributed by atoms with Gasteiger partial charge in [-0.3, -0.25) is 0 Å². The molecule has 1 aromatic heterocycles. The van der Waals surface area contributed by atoms with Crippen molar-refractivity contribution in [3.05, 3.63) is 77.5 Å². The van der Waals surface area contributed by atoms with Crippen LogP contribution in [0.25, 0.3) is 0 Å². The Bertz CT molecular complexity index is 1030. The van der Waals surface area contributed by atoms with E-state index in [4.69, 9.17) is 14.8 Å². The van der Waals surface area contributed by atoms with Gasteiger partial charge in [0.05, 0.1) is 19.3 Å². The van der Waals surface area contributed by atoms with Gasteiger partial charge in [-0.25, -0.2) is 9.67 Å². The summed E-state index contributed by atoms with van der Waals surface area (Å²) in [6.45, 7) is 4.31. The van der Waals surface area contributed by atoms with E-state index in [0.717, 1.165) is 23.0 Å². The van der Waals surface area contributed by atoms with Gasteiger partial charge >= 0.3 is 0 Å². The molecule has 1 atom stereocenters. The molecule has 5 heteroatoms.